The van der Waals surface area contributed by atoms with Gasteiger partial charge in [0.15, 0.2) is 0 Å². The lowest BCUT2D eigenvalue weighted by atomic mass is 10.1. The molecule has 0 fully saturated rings. The van der Waals surface area contributed by atoms with Crippen LogP contribution in [0.3, 0.4) is 0 Å². The number of anilines is 1. The minimum absolute atomic E-state index is 0.722. The van der Waals surface area contributed by atoms with Crippen LogP contribution >= 0.6 is 0 Å². The zero-order valence-corrected chi connectivity index (χ0v) is 11.7. The van der Waals surface area contributed by atoms with E-state index in [1.165, 1.54) is 24.0 Å². The van der Waals surface area contributed by atoms with Crippen LogP contribution in [-0.4, -0.2) is 4.98 Å². The standard InChI is InChI=1S/C18H16N2O/c19-17-6-7-18(15-8-9-20-11-16(15)17)21-14-5-4-12-2-1-3-13(12)10-14/h4-11H,1-3,19H2. The van der Waals surface area contributed by atoms with Gasteiger partial charge < -0.3 is 10.5 Å². The number of ether oxygens (including phenoxy) is 1. The largest absolute Gasteiger partial charge is 0.457 e. The third kappa shape index (κ3) is 2.11. The number of fused-ring (bicyclic) bond motifs is 2. The molecule has 3 nitrogen and oxygen atoms in total. The molecule has 0 aliphatic heterocycles. The van der Waals surface area contributed by atoms with Crippen LogP contribution in [0.25, 0.3) is 10.8 Å². The van der Waals surface area contributed by atoms with Gasteiger partial charge in [-0.25, -0.2) is 0 Å². The number of hydrogen-bond donors (Lipinski definition) is 1. The average Bonchev–Trinajstić information content (AvgIpc) is 2.98. The van der Waals surface area contributed by atoms with Crippen molar-refractivity contribution >= 4 is 16.5 Å². The van der Waals surface area contributed by atoms with Crippen molar-refractivity contribution in [2.45, 2.75) is 19.3 Å². The van der Waals surface area contributed by atoms with Crippen LogP contribution in [0.1, 0.15) is 17.5 Å². The van der Waals surface area contributed by atoms with E-state index in [9.17, 15) is 0 Å². The predicted molar refractivity (Wildman–Crippen MR) is 84.7 cm³/mol. The van der Waals surface area contributed by atoms with Gasteiger partial charge in [-0.3, -0.25) is 4.98 Å². The van der Waals surface area contributed by atoms with Gasteiger partial charge in [-0.2, -0.15) is 0 Å². The van der Waals surface area contributed by atoms with Gasteiger partial charge in [0.25, 0.3) is 0 Å². The maximum Gasteiger partial charge on any atom is 0.135 e. The molecule has 3 heteroatoms. The normalized spacial score (nSPS) is 13.3. The van der Waals surface area contributed by atoms with Gasteiger partial charge in [-0.1, -0.05) is 6.07 Å². The molecular formula is C18H16N2O. The number of benzene rings is 2. The SMILES string of the molecule is Nc1ccc(Oc2ccc3c(c2)CCC3)c2ccncc12. The van der Waals surface area contributed by atoms with Crippen LogP contribution in [0, 0.1) is 0 Å². The topological polar surface area (TPSA) is 48.1 Å². The number of nitrogens with zero attached hydrogens (tertiary/aromatic N) is 1. The number of nitrogens with two attached hydrogens (primary N) is 1. The highest BCUT2D eigenvalue weighted by atomic mass is 16.5. The lowest BCUT2D eigenvalue weighted by Crippen LogP contribution is -1.92. The fourth-order valence-corrected chi connectivity index (χ4v) is 3.01. The van der Waals surface area contributed by atoms with E-state index in [-0.39, 0.29) is 0 Å². The molecule has 0 saturated heterocycles. The van der Waals surface area contributed by atoms with E-state index in [0.717, 1.165) is 34.4 Å². The van der Waals surface area contributed by atoms with E-state index in [2.05, 4.69) is 17.1 Å². The maximum absolute atomic E-state index is 6.09. The van der Waals surface area contributed by atoms with Crippen LogP contribution < -0.4 is 10.5 Å². The summed E-state index contributed by atoms with van der Waals surface area (Å²) in [6.45, 7) is 0. The highest BCUT2D eigenvalue weighted by molar-refractivity contribution is 5.96. The van der Waals surface area contributed by atoms with Gasteiger partial charge in [0, 0.05) is 28.9 Å². The predicted octanol–water partition coefficient (Wildman–Crippen LogP) is 4.10. The Morgan fingerprint density at radius 1 is 0.952 bits per heavy atom. The third-order valence-electron chi connectivity index (χ3n) is 4.11. The number of pyridine rings is 1. The number of aryl methyl sites for hydroxylation is 2. The summed E-state index contributed by atoms with van der Waals surface area (Å²) in [4.78, 5) is 4.13. The van der Waals surface area contributed by atoms with Crippen molar-refractivity contribution in [3.8, 4) is 11.5 Å². The summed E-state index contributed by atoms with van der Waals surface area (Å²) in [6, 6.07) is 12.1. The Kier molecular flexibility index (Phi) is 2.78. The fourth-order valence-electron chi connectivity index (χ4n) is 3.01. The fraction of sp³-hybridized carbons (Fsp3) is 0.167. The van der Waals surface area contributed by atoms with Gasteiger partial charge in [0.1, 0.15) is 11.5 Å². The average molecular weight is 276 g/mol. The smallest absolute Gasteiger partial charge is 0.135 e. The lowest BCUT2D eigenvalue weighted by molar-refractivity contribution is 0.487. The number of hydrogen-bond acceptors (Lipinski definition) is 3. The second-order valence-corrected chi connectivity index (χ2v) is 5.46. The summed E-state index contributed by atoms with van der Waals surface area (Å²) in [7, 11) is 0. The molecule has 0 unspecified atom stereocenters. The molecule has 0 bridgehead atoms. The summed E-state index contributed by atoms with van der Waals surface area (Å²) in [6.07, 6.45) is 7.12. The molecule has 3 aromatic rings. The quantitative estimate of drug-likeness (QED) is 0.717. The molecule has 0 radical (unpaired) electrons. The molecule has 0 atom stereocenters. The van der Waals surface area contributed by atoms with Crippen LogP contribution in [0.2, 0.25) is 0 Å². The van der Waals surface area contributed by atoms with E-state index in [0.29, 0.717) is 0 Å². The first-order valence-corrected chi connectivity index (χ1v) is 7.23. The van der Waals surface area contributed by atoms with Crippen molar-refractivity contribution in [3.05, 3.63) is 59.9 Å². The second-order valence-electron chi connectivity index (χ2n) is 5.46. The van der Waals surface area contributed by atoms with Gasteiger partial charge >= 0.3 is 0 Å². The zero-order valence-electron chi connectivity index (χ0n) is 11.7. The lowest BCUT2D eigenvalue weighted by Gasteiger charge is -2.11. The number of aromatic nitrogens is 1. The summed E-state index contributed by atoms with van der Waals surface area (Å²) in [5, 5.41) is 1.92. The van der Waals surface area contributed by atoms with E-state index in [1.54, 1.807) is 12.4 Å². The van der Waals surface area contributed by atoms with Gasteiger partial charge in [-0.05, 0) is 60.7 Å². The highest BCUT2D eigenvalue weighted by Crippen LogP contribution is 2.34. The van der Waals surface area contributed by atoms with Crippen molar-refractivity contribution in [1.82, 2.24) is 4.98 Å². The highest BCUT2D eigenvalue weighted by Gasteiger charge is 2.12. The van der Waals surface area contributed by atoms with E-state index in [1.807, 2.05) is 24.3 Å². The molecule has 0 saturated carbocycles. The third-order valence-corrected chi connectivity index (χ3v) is 4.11. The molecule has 1 aliphatic rings. The molecule has 2 aromatic carbocycles. The van der Waals surface area contributed by atoms with Crippen LogP contribution in [0.5, 0.6) is 11.5 Å². The number of rotatable bonds is 2. The summed E-state index contributed by atoms with van der Waals surface area (Å²) in [5.74, 6) is 1.71. The first kappa shape index (κ1) is 12.2. The summed E-state index contributed by atoms with van der Waals surface area (Å²) < 4.78 is 6.09. The van der Waals surface area contributed by atoms with Crippen LogP contribution in [0.15, 0.2) is 48.8 Å². The van der Waals surface area contributed by atoms with E-state index < -0.39 is 0 Å². The van der Waals surface area contributed by atoms with Crippen molar-refractivity contribution in [3.63, 3.8) is 0 Å². The Bertz CT molecular complexity index is 827. The first-order chi connectivity index (χ1) is 10.3. The Morgan fingerprint density at radius 2 is 1.86 bits per heavy atom. The second kappa shape index (κ2) is 4.77. The first-order valence-electron chi connectivity index (χ1n) is 7.23. The molecule has 1 aromatic heterocycles. The monoisotopic (exact) mass is 276 g/mol. The molecule has 0 amide bonds. The number of nitrogen functional groups attached to an aromatic ring is 1. The molecule has 21 heavy (non-hydrogen) atoms. The van der Waals surface area contributed by atoms with E-state index in [4.69, 9.17) is 10.5 Å². The van der Waals surface area contributed by atoms with Gasteiger partial charge in [0.05, 0.1) is 0 Å². The molecule has 4 rings (SSSR count). The molecule has 2 N–H and O–H groups in total. The Hall–Kier alpha value is -2.55. The molecule has 0 spiro atoms. The Balaban J connectivity index is 1.76. The molecule has 1 aliphatic carbocycles. The Morgan fingerprint density at radius 3 is 2.81 bits per heavy atom. The zero-order chi connectivity index (χ0) is 14.2. The Labute approximate surface area is 123 Å². The van der Waals surface area contributed by atoms with Crippen LogP contribution in [0.4, 0.5) is 5.69 Å². The van der Waals surface area contributed by atoms with Crippen molar-refractivity contribution in [2.24, 2.45) is 0 Å². The molecule has 1 heterocycles. The van der Waals surface area contributed by atoms with E-state index >= 15 is 0 Å². The van der Waals surface area contributed by atoms with Gasteiger partial charge in [0.2, 0.25) is 0 Å². The molecular weight excluding hydrogens is 260 g/mol. The summed E-state index contributed by atoms with van der Waals surface area (Å²) in [5.41, 5.74) is 9.58. The van der Waals surface area contributed by atoms with Crippen molar-refractivity contribution < 1.29 is 4.74 Å². The van der Waals surface area contributed by atoms with Crippen LogP contribution in [-0.2, 0) is 12.8 Å². The minimum Gasteiger partial charge on any atom is -0.457 e. The van der Waals surface area contributed by atoms with Gasteiger partial charge in [-0.15, -0.1) is 0 Å². The minimum atomic E-state index is 0.722. The van der Waals surface area contributed by atoms with Crippen molar-refractivity contribution in [2.75, 3.05) is 5.73 Å². The van der Waals surface area contributed by atoms with Crippen molar-refractivity contribution in [1.29, 1.82) is 0 Å². The maximum atomic E-state index is 6.09. The summed E-state index contributed by atoms with van der Waals surface area (Å²) >= 11 is 0. The molecule has 104 valence electrons.